The maximum atomic E-state index is 11.1. The third-order valence-electron chi connectivity index (χ3n) is 3.30. The summed E-state index contributed by atoms with van der Waals surface area (Å²) in [4.78, 5) is 13.2. The summed E-state index contributed by atoms with van der Waals surface area (Å²) in [6, 6.07) is 17.5. The molecule has 1 unspecified atom stereocenters. The summed E-state index contributed by atoms with van der Waals surface area (Å²) in [5.74, 6) is -1.23. The van der Waals surface area contributed by atoms with Gasteiger partial charge in [-0.1, -0.05) is 48.9 Å². The number of anilines is 1. The van der Waals surface area contributed by atoms with Crippen molar-refractivity contribution in [3.05, 3.63) is 65.2 Å². The van der Waals surface area contributed by atoms with E-state index in [4.69, 9.17) is 16.7 Å². The Morgan fingerprint density at radius 1 is 1.19 bits per heavy atom. The van der Waals surface area contributed by atoms with Crippen LogP contribution in [0.25, 0.3) is 0 Å². The van der Waals surface area contributed by atoms with Gasteiger partial charge >= 0.3 is 5.97 Å². The number of hydrogen-bond acceptors (Lipinski definition) is 2. The molecule has 2 aromatic carbocycles. The van der Waals surface area contributed by atoms with Crippen LogP contribution in [-0.2, 0) is 11.3 Å². The maximum Gasteiger partial charge on any atom is 0.308 e. The highest BCUT2D eigenvalue weighted by atomic mass is 35.5. The van der Waals surface area contributed by atoms with Gasteiger partial charge < -0.3 is 10.0 Å². The van der Waals surface area contributed by atoms with Gasteiger partial charge in [-0.05, 0) is 29.8 Å². The zero-order chi connectivity index (χ0) is 15.2. The van der Waals surface area contributed by atoms with Gasteiger partial charge in [-0.2, -0.15) is 0 Å². The Kier molecular flexibility index (Phi) is 5.23. The number of halogens is 1. The van der Waals surface area contributed by atoms with E-state index in [1.807, 2.05) is 54.6 Å². The molecule has 0 saturated heterocycles. The van der Waals surface area contributed by atoms with Crippen LogP contribution in [-0.4, -0.2) is 17.6 Å². The molecule has 0 fully saturated rings. The standard InChI is InChI=1S/C17H18ClNO2/c1-13(17(20)21)11-19(16-8-3-2-4-9-16)12-14-6-5-7-15(18)10-14/h2-10,13H,11-12H2,1H3,(H,20,21). The fourth-order valence-corrected chi connectivity index (χ4v) is 2.38. The quantitative estimate of drug-likeness (QED) is 0.874. The van der Waals surface area contributed by atoms with Crippen molar-refractivity contribution in [1.82, 2.24) is 0 Å². The Bertz CT molecular complexity index is 601. The van der Waals surface area contributed by atoms with Gasteiger partial charge in [0, 0.05) is 23.8 Å². The molecule has 0 aliphatic carbocycles. The largest absolute Gasteiger partial charge is 0.481 e. The molecule has 3 nitrogen and oxygen atoms in total. The van der Waals surface area contributed by atoms with Crippen molar-refractivity contribution in [1.29, 1.82) is 0 Å². The third-order valence-corrected chi connectivity index (χ3v) is 3.53. The Balaban J connectivity index is 2.21. The number of aliphatic carboxylic acids is 1. The van der Waals surface area contributed by atoms with E-state index in [1.165, 1.54) is 0 Å². The summed E-state index contributed by atoms with van der Waals surface area (Å²) >= 11 is 6.02. The molecule has 0 aromatic heterocycles. The first-order chi connectivity index (χ1) is 10.1. The average molecular weight is 304 g/mol. The smallest absolute Gasteiger partial charge is 0.308 e. The molecule has 0 spiro atoms. The van der Waals surface area contributed by atoms with Gasteiger partial charge in [0.1, 0.15) is 0 Å². The summed E-state index contributed by atoms with van der Waals surface area (Å²) in [5.41, 5.74) is 2.06. The highest BCUT2D eigenvalue weighted by Crippen LogP contribution is 2.20. The number of para-hydroxylation sites is 1. The minimum atomic E-state index is -0.790. The molecule has 4 heteroatoms. The lowest BCUT2D eigenvalue weighted by Gasteiger charge is -2.27. The van der Waals surface area contributed by atoms with Gasteiger partial charge in [-0.15, -0.1) is 0 Å². The summed E-state index contributed by atoms with van der Waals surface area (Å²) < 4.78 is 0. The monoisotopic (exact) mass is 303 g/mol. The van der Waals surface area contributed by atoms with Crippen LogP contribution >= 0.6 is 11.6 Å². The normalized spacial score (nSPS) is 11.9. The summed E-state index contributed by atoms with van der Waals surface area (Å²) in [7, 11) is 0. The van der Waals surface area contributed by atoms with E-state index in [-0.39, 0.29) is 0 Å². The first-order valence-corrected chi connectivity index (χ1v) is 7.21. The van der Waals surface area contributed by atoms with Crippen LogP contribution in [0.1, 0.15) is 12.5 Å². The summed E-state index contributed by atoms with van der Waals surface area (Å²) in [5, 5.41) is 9.83. The number of carboxylic acid groups (broad SMARTS) is 1. The lowest BCUT2D eigenvalue weighted by atomic mass is 10.1. The van der Waals surface area contributed by atoms with E-state index in [0.717, 1.165) is 11.3 Å². The van der Waals surface area contributed by atoms with Crippen LogP contribution in [0.2, 0.25) is 5.02 Å². The van der Waals surface area contributed by atoms with Gasteiger partial charge in [0.15, 0.2) is 0 Å². The second kappa shape index (κ2) is 7.14. The van der Waals surface area contributed by atoms with Crippen LogP contribution in [0.3, 0.4) is 0 Å². The molecule has 0 radical (unpaired) electrons. The molecule has 1 N–H and O–H groups in total. The zero-order valence-electron chi connectivity index (χ0n) is 11.9. The van der Waals surface area contributed by atoms with Crippen molar-refractivity contribution in [2.24, 2.45) is 5.92 Å². The van der Waals surface area contributed by atoms with E-state index in [9.17, 15) is 4.79 Å². The molecule has 1 atom stereocenters. The number of hydrogen-bond donors (Lipinski definition) is 1. The molecule has 0 aliphatic rings. The Morgan fingerprint density at radius 2 is 1.90 bits per heavy atom. The summed E-state index contributed by atoms with van der Waals surface area (Å²) in [6.45, 7) is 2.80. The zero-order valence-corrected chi connectivity index (χ0v) is 12.6. The van der Waals surface area contributed by atoms with E-state index in [1.54, 1.807) is 6.92 Å². The Hall–Kier alpha value is -2.00. The van der Waals surface area contributed by atoms with Crippen molar-refractivity contribution in [3.63, 3.8) is 0 Å². The van der Waals surface area contributed by atoms with Gasteiger partial charge in [-0.3, -0.25) is 4.79 Å². The molecule has 0 amide bonds. The number of benzene rings is 2. The van der Waals surface area contributed by atoms with Crippen molar-refractivity contribution in [2.45, 2.75) is 13.5 Å². The second-order valence-electron chi connectivity index (χ2n) is 5.09. The fourth-order valence-electron chi connectivity index (χ4n) is 2.16. The second-order valence-corrected chi connectivity index (χ2v) is 5.52. The third kappa shape index (κ3) is 4.50. The van der Waals surface area contributed by atoms with E-state index in [2.05, 4.69) is 4.90 Å². The number of rotatable bonds is 6. The van der Waals surface area contributed by atoms with Crippen molar-refractivity contribution in [2.75, 3.05) is 11.4 Å². The number of carboxylic acids is 1. The van der Waals surface area contributed by atoms with Gasteiger partial charge in [0.05, 0.1) is 5.92 Å². The highest BCUT2D eigenvalue weighted by molar-refractivity contribution is 6.30. The number of carbonyl (C=O) groups is 1. The van der Waals surface area contributed by atoms with Crippen LogP contribution in [0.15, 0.2) is 54.6 Å². The molecule has 110 valence electrons. The lowest BCUT2D eigenvalue weighted by Crippen LogP contribution is -2.31. The van der Waals surface area contributed by atoms with Gasteiger partial charge in [0.2, 0.25) is 0 Å². The number of nitrogens with zero attached hydrogens (tertiary/aromatic N) is 1. The molecule has 0 heterocycles. The van der Waals surface area contributed by atoms with Crippen LogP contribution in [0.5, 0.6) is 0 Å². The molecule has 2 rings (SSSR count). The fraction of sp³-hybridized carbons (Fsp3) is 0.235. The molecule has 21 heavy (non-hydrogen) atoms. The van der Waals surface area contributed by atoms with Gasteiger partial charge in [-0.25, -0.2) is 0 Å². The molecule has 0 bridgehead atoms. The average Bonchev–Trinajstić information content (AvgIpc) is 2.47. The molecule has 2 aromatic rings. The van der Waals surface area contributed by atoms with E-state index >= 15 is 0 Å². The van der Waals surface area contributed by atoms with Crippen molar-refractivity contribution in [3.8, 4) is 0 Å². The Morgan fingerprint density at radius 3 is 2.52 bits per heavy atom. The topological polar surface area (TPSA) is 40.5 Å². The molecule has 0 saturated carbocycles. The Labute approximate surface area is 129 Å². The minimum Gasteiger partial charge on any atom is -0.481 e. The SMILES string of the molecule is CC(CN(Cc1cccc(Cl)c1)c1ccccc1)C(=O)O. The molecular formula is C17H18ClNO2. The summed E-state index contributed by atoms with van der Waals surface area (Å²) in [6.07, 6.45) is 0. The first-order valence-electron chi connectivity index (χ1n) is 6.83. The van der Waals surface area contributed by atoms with Crippen LogP contribution < -0.4 is 4.90 Å². The van der Waals surface area contributed by atoms with E-state index < -0.39 is 11.9 Å². The van der Waals surface area contributed by atoms with Crippen molar-refractivity contribution < 1.29 is 9.90 Å². The highest BCUT2D eigenvalue weighted by Gasteiger charge is 2.17. The van der Waals surface area contributed by atoms with Crippen LogP contribution in [0.4, 0.5) is 5.69 Å². The van der Waals surface area contributed by atoms with E-state index in [0.29, 0.717) is 18.1 Å². The first kappa shape index (κ1) is 15.4. The van der Waals surface area contributed by atoms with Gasteiger partial charge in [0.25, 0.3) is 0 Å². The minimum absolute atomic E-state index is 0.440. The molecular weight excluding hydrogens is 286 g/mol. The predicted molar refractivity (Wildman–Crippen MR) is 85.7 cm³/mol. The molecule has 0 aliphatic heterocycles. The van der Waals surface area contributed by atoms with Crippen LogP contribution in [0, 0.1) is 5.92 Å². The lowest BCUT2D eigenvalue weighted by molar-refractivity contribution is -0.140. The van der Waals surface area contributed by atoms with Crippen molar-refractivity contribution >= 4 is 23.3 Å². The predicted octanol–water partition coefficient (Wildman–Crippen LogP) is 4.07. The maximum absolute atomic E-state index is 11.1.